The molecule has 14 nitrogen and oxygen atoms in total. The van der Waals surface area contributed by atoms with Crippen LogP contribution in [0.25, 0.3) is 0 Å². The molecule has 0 saturated carbocycles. The molecule has 0 aliphatic carbocycles. The molecule has 1 amide bonds. The number of H-pyrrole nitrogens is 1. The van der Waals surface area contributed by atoms with Gasteiger partial charge in [-0.3, -0.25) is 0 Å². The highest BCUT2D eigenvalue weighted by atomic mass is 32.2. The first kappa shape index (κ1) is 33.0. The highest BCUT2D eigenvalue weighted by Crippen LogP contribution is 2.35. The zero-order valence-corrected chi connectivity index (χ0v) is 27.1. The average Bonchev–Trinajstić information content (AvgIpc) is 3.86. The molecule has 1 aromatic heterocycles. The number of nitrogens with zero attached hydrogens (tertiary/aromatic N) is 2. The molecule has 3 aliphatic heterocycles. The van der Waals surface area contributed by atoms with Crippen molar-refractivity contribution in [2.75, 3.05) is 33.1 Å². The van der Waals surface area contributed by atoms with Crippen molar-refractivity contribution in [3.8, 4) is 17.2 Å². The summed E-state index contributed by atoms with van der Waals surface area (Å²) in [7, 11) is -4.07. The number of amides is 1. The van der Waals surface area contributed by atoms with Gasteiger partial charge in [-0.1, -0.05) is 26.0 Å². The van der Waals surface area contributed by atoms with Gasteiger partial charge >= 0.3 is 6.09 Å². The molecular weight excluding hydrogens is 632 g/mol. The van der Waals surface area contributed by atoms with Crippen molar-refractivity contribution in [3.63, 3.8) is 0 Å². The monoisotopic (exact) mass is 672 g/mol. The standard InChI is InChI=1S/C32H40N4O10S/c1-20(2)15-36(47(39,40)23-7-8-27-28(14-23)45-19-44-27)16-26(37)25(35-32(38)46-29-17-43-31-24(29)9-12-41-31)13-21-3-5-22(6-4-21)42-18-30-33-10-11-34-30/h3-8,10-11,14,20,24-26,29,31,37H,9,12-13,15-19H2,1-2H3,(H,33,34)(H,35,38)/t24-,25-,26+,29-,31+/m0/s1. The van der Waals surface area contributed by atoms with Crippen LogP contribution in [0.1, 0.15) is 31.7 Å². The molecule has 254 valence electrons. The summed E-state index contributed by atoms with van der Waals surface area (Å²) in [5.74, 6) is 1.97. The fraction of sp³-hybridized carbons (Fsp3) is 0.500. The van der Waals surface area contributed by atoms with Gasteiger partial charge in [0, 0.05) is 31.5 Å². The summed E-state index contributed by atoms with van der Waals surface area (Å²) in [4.78, 5) is 20.4. The maximum Gasteiger partial charge on any atom is 0.407 e. The predicted molar refractivity (Wildman–Crippen MR) is 166 cm³/mol. The number of hydrogen-bond acceptors (Lipinski definition) is 11. The first-order valence-electron chi connectivity index (χ1n) is 15.6. The van der Waals surface area contributed by atoms with Gasteiger partial charge in [0.1, 0.15) is 24.3 Å². The van der Waals surface area contributed by atoms with Crippen LogP contribution in [0.4, 0.5) is 4.79 Å². The van der Waals surface area contributed by atoms with Gasteiger partial charge in [0.25, 0.3) is 0 Å². The van der Waals surface area contributed by atoms with Gasteiger partial charge in [-0.2, -0.15) is 4.31 Å². The number of aromatic amines is 1. The van der Waals surface area contributed by atoms with E-state index >= 15 is 0 Å². The van der Waals surface area contributed by atoms with Crippen LogP contribution >= 0.6 is 0 Å². The van der Waals surface area contributed by atoms with E-state index in [4.69, 9.17) is 28.4 Å². The normalized spacial score (nSPS) is 21.5. The average molecular weight is 673 g/mol. The fourth-order valence-electron chi connectivity index (χ4n) is 5.86. The number of benzene rings is 2. The van der Waals surface area contributed by atoms with Gasteiger partial charge in [0.2, 0.25) is 16.8 Å². The van der Waals surface area contributed by atoms with E-state index in [2.05, 4.69) is 15.3 Å². The number of carbonyl (C=O) groups is 1. The molecule has 0 unspecified atom stereocenters. The van der Waals surface area contributed by atoms with Crippen LogP contribution in [0.5, 0.6) is 17.2 Å². The Bertz CT molecular complexity index is 1600. The summed E-state index contributed by atoms with van der Waals surface area (Å²) in [5.41, 5.74) is 0.780. The van der Waals surface area contributed by atoms with E-state index in [1.165, 1.54) is 16.4 Å². The Morgan fingerprint density at radius 2 is 1.94 bits per heavy atom. The Balaban J connectivity index is 1.18. The highest BCUT2D eigenvalue weighted by molar-refractivity contribution is 7.89. The van der Waals surface area contributed by atoms with Crippen LogP contribution < -0.4 is 19.5 Å². The Morgan fingerprint density at radius 1 is 1.13 bits per heavy atom. The number of aliphatic hydroxyl groups excluding tert-OH is 1. The van der Waals surface area contributed by atoms with Crippen LogP contribution in [-0.2, 0) is 37.3 Å². The maximum atomic E-state index is 13.9. The minimum Gasteiger partial charge on any atom is -0.486 e. The number of ether oxygens (including phenoxy) is 6. The fourth-order valence-corrected chi connectivity index (χ4v) is 7.50. The first-order valence-corrected chi connectivity index (χ1v) is 17.1. The Hall–Kier alpha value is -3.89. The number of aliphatic hydroxyl groups is 1. The SMILES string of the molecule is CC(C)CN(C[C@@H](O)[C@H](Cc1ccc(OCc2ncc[nH]2)cc1)NC(=O)O[C@H]1CO[C@H]2OCC[C@H]21)S(=O)(=O)c1ccc2c(c1)OCO2. The van der Waals surface area contributed by atoms with Gasteiger partial charge < -0.3 is 43.8 Å². The molecule has 0 spiro atoms. The Labute approximate surface area is 273 Å². The molecule has 0 radical (unpaired) electrons. The molecule has 4 heterocycles. The molecule has 5 atom stereocenters. The largest absolute Gasteiger partial charge is 0.486 e. The third-order valence-corrected chi connectivity index (χ3v) is 10.1. The summed E-state index contributed by atoms with van der Waals surface area (Å²) in [6, 6.07) is 10.7. The lowest BCUT2D eigenvalue weighted by atomic mass is 10.0. The molecule has 2 aromatic carbocycles. The van der Waals surface area contributed by atoms with Gasteiger partial charge in [-0.25, -0.2) is 18.2 Å². The summed E-state index contributed by atoms with van der Waals surface area (Å²) in [5, 5.41) is 14.4. The number of aromatic nitrogens is 2. The van der Waals surface area contributed by atoms with E-state index < -0.39 is 40.7 Å². The van der Waals surface area contributed by atoms with E-state index in [1.807, 2.05) is 26.0 Å². The van der Waals surface area contributed by atoms with Gasteiger partial charge in [-0.05, 0) is 48.6 Å². The molecule has 2 fully saturated rings. The summed E-state index contributed by atoms with van der Waals surface area (Å²) in [6.07, 6.45) is 1.34. The second-order valence-electron chi connectivity index (χ2n) is 12.2. The Morgan fingerprint density at radius 3 is 2.70 bits per heavy atom. The number of rotatable bonds is 14. The third-order valence-electron chi connectivity index (χ3n) is 8.26. The number of sulfonamides is 1. The van der Waals surface area contributed by atoms with E-state index in [1.54, 1.807) is 30.6 Å². The molecule has 6 rings (SSSR count). The lowest BCUT2D eigenvalue weighted by Gasteiger charge is -2.31. The molecule has 3 aliphatic rings. The van der Waals surface area contributed by atoms with Crippen LogP contribution in [0.15, 0.2) is 59.8 Å². The number of hydrogen-bond donors (Lipinski definition) is 3. The van der Waals surface area contributed by atoms with Crippen LogP contribution in [0, 0.1) is 11.8 Å². The number of carbonyl (C=O) groups excluding carboxylic acids is 1. The second kappa shape index (κ2) is 14.5. The van der Waals surface area contributed by atoms with E-state index in [0.717, 1.165) is 5.56 Å². The Kier molecular flexibility index (Phi) is 10.2. The lowest BCUT2D eigenvalue weighted by molar-refractivity contribution is -0.0907. The van der Waals surface area contributed by atoms with Gasteiger partial charge in [0.05, 0.1) is 36.2 Å². The molecule has 3 aromatic rings. The zero-order valence-electron chi connectivity index (χ0n) is 26.2. The minimum atomic E-state index is -4.07. The summed E-state index contributed by atoms with van der Waals surface area (Å²) in [6.45, 7) is 4.65. The molecule has 15 heteroatoms. The van der Waals surface area contributed by atoms with Crippen molar-refractivity contribution >= 4 is 16.1 Å². The van der Waals surface area contributed by atoms with Crippen molar-refractivity contribution in [2.24, 2.45) is 11.8 Å². The van der Waals surface area contributed by atoms with Crippen LogP contribution in [0.2, 0.25) is 0 Å². The number of fused-ring (bicyclic) bond motifs is 2. The van der Waals surface area contributed by atoms with Crippen molar-refractivity contribution < 1.29 is 46.7 Å². The van der Waals surface area contributed by atoms with E-state index in [0.29, 0.717) is 36.1 Å². The lowest BCUT2D eigenvalue weighted by Crippen LogP contribution is -2.51. The molecular formula is C32H40N4O10S. The van der Waals surface area contributed by atoms with Gasteiger partial charge in [-0.15, -0.1) is 0 Å². The zero-order chi connectivity index (χ0) is 33.0. The van der Waals surface area contributed by atoms with Crippen LogP contribution in [-0.4, -0.2) is 91.5 Å². The molecule has 2 saturated heterocycles. The summed E-state index contributed by atoms with van der Waals surface area (Å²) < 4.78 is 62.4. The summed E-state index contributed by atoms with van der Waals surface area (Å²) >= 11 is 0. The van der Waals surface area contributed by atoms with E-state index in [9.17, 15) is 18.3 Å². The topological polar surface area (TPSA) is 171 Å². The van der Waals surface area contributed by atoms with Crippen molar-refractivity contribution in [3.05, 3.63) is 66.2 Å². The number of nitrogens with one attached hydrogen (secondary N) is 2. The van der Waals surface area contributed by atoms with Crippen molar-refractivity contribution in [2.45, 2.75) is 62.7 Å². The predicted octanol–water partition coefficient (Wildman–Crippen LogP) is 2.82. The second-order valence-corrected chi connectivity index (χ2v) is 14.1. The highest BCUT2D eigenvalue weighted by Gasteiger charge is 2.44. The maximum absolute atomic E-state index is 13.9. The molecule has 47 heavy (non-hydrogen) atoms. The van der Waals surface area contributed by atoms with Crippen molar-refractivity contribution in [1.29, 1.82) is 0 Å². The van der Waals surface area contributed by atoms with Gasteiger partial charge in [0.15, 0.2) is 17.8 Å². The number of alkyl carbamates (subject to hydrolysis) is 1. The van der Waals surface area contributed by atoms with Crippen molar-refractivity contribution in [1.82, 2.24) is 19.6 Å². The van der Waals surface area contributed by atoms with E-state index in [-0.39, 0.29) is 56.2 Å². The molecule has 3 N–H and O–H groups in total. The minimum absolute atomic E-state index is 0.00913. The first-order chi connectivity index (χ1) is 22.7. The molecule has 0 bridgehead atoms. The number of imidazole rings is 1. The smallest absolute Gasteiger partial charge is 0.407 e. The van der Waals surface area contributed by atoms with Crippen LogP contribution in [0.3, 0.4) is 0 Å². The quantitative estimate of drug-likeness (QED) is 0.230. The third kappa shape index (κ3) is 7.99.